The quantitative estimate of drug-likeness (QED) is 0.686. The predicted molar refractivity (Wildman–Crippen MR) is 102 cm³/mol. The van der Waals surface area contributed by atoms with Crippen LogP contribution in [0.4, 0.5) is 0 Å². The lowest BCUT2D eigenvalue weighted by Gasteiger charge is -2.31. The van der Waals surface area contributed by atoms with E-state index in [2.05, 4.69) is 23.8 Å². The summed E-state index contributed by atoms with van der Waals surface area (Å²) in [5.41, 5.74) is 2.58. The summed E-state index contributed by atoms with van der Waals surface area (Å²) < 4.78 is 5.92. The van der Waals surface area contributed by atoms with Gasteiger partial charge < -0.3 is 9.32 Å². The van der Waals surface area contributed by atoms with E-state index in [1.54, 1.807) is 11.3 Å². The maximum Gasteiger partial charge on any atom is 0.228 e. The molecule has 136 valence electrons. The summed E-state index contributed by atoms with van der Waals surface area (Å²) in [7, 11) is 0. The zero-order valence-corrected chi connectivity index (χ0v) is 16.0. The molecule has 0 radical (unpaired) electrons. The standard InChI is InChI=1S/C20H23N3O2S/c1-13(2)20-21-15(12-26-20)10-18(24)23-9-5-6-14(11-23)19-22-16-7-3-4-8-17(16)25-19/h3-4,7-8,12-14H,5-6,9-11H2,1-2H3/t14-/m1/s1. The molecule has 3 aromatic rings. The molecule has 0 unspecified atom stereocenters. The highest BCUT2D eigenvalue weighted by atomic mass is 32.1. The SMILES string of the molecule is CC(C)c1nc(CC(=O)N2CCC[C@@H](c3nc4ccccc4o3)C2)cs1. The topological polar surface area (TPSA) is 59.2 Å². The minimum atomic E-state index is 0.145. The van der Waals surface area contributed by atoms with Crippen LogP contribution in [0.1, 0.15) is 55.1 Å². The van der Waals surface area contributed by atoms with Gasteiger partial charge in [-0.05, 0) is 25.0 Å². The average molecular weight is 369 g/mol. The van der Waals surface area contributed by atoms with E-state index in [4.69, 9.17) is 4.42 Å². The summed E-state index contributed by atoms with van der Waals surface area (Å²) in [4.78, 5) is 23.9. The van der Waals surface area contributed by atoms with Crippen LogP contribution in [0.3, 0.4) is 0 Å². The van der Waals surface area contributed by atoms with Crippen molar-refractivity contribution in [2.45, 2.75) is 44.9 Å². The van der Waals surface area contributed by atoms with Gasteiger partial charge in [-0.2, -0.15) is 0 Å². The van der Waals surface area contributed by atoms with Crippen LogP contribution in [-0.4, -0.2) is 33.9 Å². The van der Waals surface area contributed by atoms with E-state index in [9.17, 15) is 4.79 Å². The molecular weight excluding hydrogens is 346 g/mol. The van der Waals surface area contributed by atoms with Crippen LogP contribution in [0.5, 0.6) is 0 Å². The van der Waals surface area contributed by atoms with Crippen molar-refractivity contribution in [1.29, 1.82) is 0 Å². The van der Waals surface area contributed by atoms with E-state index in [1.165, 1.54) is 0 Å². The fourth-order valence-corrected chi connectivity index (χ4v) is 4.24. The summed E-state index contributed by atoms with van der Waals surface area (Å²) in [5, 5.41) is 3.10. The van der Waals surface area contributed by atoms with Crippen LogP contribution in [0.2, 0.25) is 0 Å². The Morgan fingerprint density at radius 1 is 1.35 bits per heavy atom. The first-order chi connectivity index (χ1) is 12.6. The van der Waals surface area contributed by atoms with Gasteiger partial charge in [-0.15, -0.1) is 11.3 Å². The summed E-state index contributed by atoms with van der Waals surface area (Å²) in [6.07, 6.45) is 2.36. The van der Waals surface area contributed by atoms with E-state index >= 15 is 0 Å². The molecular formula is C20H23N3O2S. The van der Waals surface area contributed by atoms with Crippen molar-refractivity contribution >= 4 is 28.3 Å². The van der Waals surface area contributed by atoms with Gasteiger partial charge in [0.25, 0.3) is 0 Å². The molecule has 1 fully saturated rings. The molecule has 3 heterocycles. The third-order valence-corrected chi connectivity index (χ3v) is 6.02. The maximum atomic E-state index is 12.7. The summed E-state index contributed by atoms with van der Waals surface area (Å²) >= 11 is 1.64. The van der Waals surface area contributed by atoms with Crippen LogP contribution in [-0.2, 0) is 11.2 Å². The van der Waals surface area contributed by atoms with Gasteiger partial charge in [-0.25, -0.2) is 9.97 Å². The Bertz CT molecular complexity index is 882. The highest BCUT2D eigenvalue weighted by Gasteiger charge is 2.28. The lowest BCUT2D eigenvalue weighted by Crippen LogP contribution is -2.40. The van der Waals surface area contributed by atoms with Gasteiger partial charge in [0.15, 0.2) is 11.5 Å². The number of thiazole rings is 1. The number of piperidine rings is 1. The summed E-state index contributed by atoms with van der Waals surface area (Å²) in [5.74, 6) is 1.47. The number of hydrogen-bond acceptors (Lipinski definition) is 5. The monoisotopic (exact) mass is 369 g/mol. The number of amides is 1. The molecule has 26 heavy (non-hydrogen) atoms. The number of rotatable bonds is 4. The van der Waals surface area contributed by atoms with E-state index in [0.717, 1.165) is 47.1 Å². The van der Waals surface area contributed by atoms with Crippen molar-refractivity contribution < 1.29 is 9.21 Å². The first-order valence-electron chi connectivity index (χ1n) is 9.17. The van der Waals surface area contributed by atoms with Crippen LogP contribution in [0, 0.1) is 0 Å². The van der Waals surface area contributed by atoms with Crippen molar-refractivity contribution in [3.63, 3.8) is 0 Å². The van der Waals surface area contributed by atoms with Crippen molar-refractivity contribution in [3.8, 4) is 0 Å². The number of aromatic nitrogens is 2. The Kier molecular flexibility index (Phi) is 4.76. The molecule has 0 saturated carbocycles. The van der Waals surface area contributed by atoms with Gasteiger partial charge in [-0.1, -0.05) is 26.0 Å². The number of likely N-dealkylation sites (tertiary alicyclic amines) is 1. The fraction of sp³-hybridized carbons (Fsp3) is 0.450. The lowest BCUT2D eigenvalue weighted by atomic mass is 9.97. The van der Waals surface area contributed by atoms with Gasteiger partial charge in [0.1, 0.15) is 5.52 Å². The Morgan fingerprint density at radius 3 is 2.96 bits per heavy atom. The fourth-order valence-electron chi connectivity index (χ4n) is 3.41. The first-order valence-corrected chi connectivity index (χ1v) is 10.1. The molecule has 5 nitrogen and oxygen atoms in total. The van der Waals surface area contributed by atoms with Crippen molar-refractivity contribution in [1.82, 2.24) is 14.9 Å². The van der Waals surface area contributed by atoms with Gasteiger partial charge in [0, 0.05) is 24.4 Å². The van der Waals surface area contributed by atoms with Crippen LogP contribution < -0.4 is 0 Å². The Morgan fingerprint density at radius 2 is 2.19 bits per heavy atom. The van der Waals surface area contributed by atoms with E-state index < -0.39 is 0 Å². The van der Waals surface area contributed by atoms with E-state index in [0.29, 0.717) is 18.9 Å². The second-order valence-corrected chi connectivity index (χ2v) is 8.10. The third kappa shape index (κ3) is 3.51. The van der Waals surface area contributed by atoms with Crippen LogP contribution in [0.25, 0.3) is 11.1 Å². The van der Waals surface area contributed by atoms with E-state index in [-0.39, 0.29) is 11.8 Å². The normalized spacial score (nSPS) is 18.0. The summed E-state index contributed by atoms with van der Waals surface area (Å²) in [6, 6.07) is 7.81. The molecule has 0 bridgehead atoms. The molecule has 0 N–H and O–H groups in total. The first kappa shape index (κ1) is 17.2. The molecule has 6 heteroatoms. The highest BCUT2D eigenvalue weighted by molar-refractivity contribution is 7.09. The Balaban J connectivity index is 1.44. The smallest absolute Gasteiger partial charge is 0.228 e. The van der Waals surface area contributed by atoms with Crippen LogP contribution in [0.15, 0.2) is 34.1 Å². The number of hydrogen-bond donors (Lipinski definition) is 0. The number of carbonyl (C=O) groups is 1. The molecule has 1 amide bonds. The minimum Gasteiger partial charge on any atom is -0.440 e. The number of para-hydroxylation sites is 2. The number of carbonyl (C=O) groups excluding carboxylic acids is 1. The van der Waals surface area contributed by atoms with Gasteiger partial charge >= 0.3 is 0 Å². The van der Waals surface area contributed by atoms with E-state index in [1.807, 2.05) is 34.5 Å². The molecule has 0 spiro atoms. The zero-order valence-electron chi connectivity index (χ0n) is 15.1. The maximum absolute atomic E-state index is 12.7. The van der Waals surface area contributed by atoms with Crippen molar-refractivity contribution in [2.75, 3.05) is 13.1 Å². The van der Waals surface area contributed by atoms with Crippen molar-refractivity contribution in [3.05, 3.63) is 46.2 Å². The number of nitrogens with zero attached hydrogens (tertiary/aromatic N) is 3. The lowest BCUT2D eigenvalue weighted by molar-refractivity contribution is -0.131. The van der Waals surface area contributed by atoms with Crippen LogP contribution >= 0.6 is 11.3 Å². The summed E-state index contributed by atoms with van der Waals surface area (Å²) in [6.45, 7) is 5.73. The molecule has 1 saturated heterocycles. The average Bonchev–Trinajstić information content (AvgIpc) is 3.28. The molecule has 0 aliphatic carbocycles. The van der Waals surface area contributed by atoms with Crippen molar-refractivity contribution in [2.24, 2.45) is 0 Å². The van der Waals surface area contributed by atoms with Gasteiger partial charge in [-0.3, -0.25) is 4.79 Å². The molecule has 2 aromatic heterocycles. The third-order valence-electron chi connectivity index (χ3n) is 4.83. The minimum absolute atomic E-state index is 0.145. The van der Waals surface area contributed by atoms with Gasteiger partial charge in [0.2, 0.25) is 5.91 Å². The Labute approximate surface area is 157 Å². The highest BCUT2D eigenvalue weighted by Crippen LogP contribution is 2.29. The Hall–Kier alpha value is -2.21. The predicted octanol–water partition coefficient (Wildman–Crippen LogP) is 4.36. The molecule has 4 rings (SSSR count). The second kappa shape index (κ2) is 7.19. The largest absolute Gasteiger partial charge is 0.440 e. The zero-order chi connectivity index (χ0) is 18.1. The number of benzene rings is 1. The second-order valence-electron chi connectivity index (χ2n) is 7.21. The molecule has 1 aliphatic heterocycles. The molecule has 1 atom stereocenters. The number of oxazole rings is 1. The molecule has 1 aromatic carbocycles. The molecule has 1 aliphatic rings. The van der Waals surface area contributed by atoms with Gasteiger partial charge in [0.05, 0.1) is 23.0 Å². The number of fused-ring (bicyclic) bond motifs is 1.